The van der Waals surface area contributed by atoms with Crippen molar-refractivity contribution in [2.75, 3.05) is 49.5 Å². The first-order chi connectivity index (χ1) is 35.3. The fourth-order valence-corrected chi connectivity index (χ4v) is 12.9. The van der Waals surface area contributed by atoms with Gasteiger partial charge in [0.25, 0.3) is 0 Å². The molecule has 6 heterocycles. The number of carboxylic acids is 4. The van der Waals surface area contributed by atoms with Crippen LogP contribution in [0.15, 0.2) is 85.5 Å². The van der Waals surface area contributed by atoms with Crippen LogP contribution in [0.2, 0.25) is 0 Å². The van der Waals surface area contributed by atoms with E-state index in [2.05, 4.69) is 34.3 Å². The Labute approximate surface area is 422 Å². The van der Waals surface area contributed by atoms with E-state index < -0.39 is 110 Å². The molecule has 7 rings (SSSR count). The second-order valence-electron chi connectivity index (χ2n) is 16.7. The molecule has 1 saturated heterocycles. The lowest BCUT2D eigenvalue weighted by Gasteiger charge is -2.21. The molecule has 33 heteroatoms. The van der Waals surface area contributed by atoms with E-state index in [1.165, 1.54) is 35.2 Å². The Balaban J connectivity index is 1.08. The lowest BCUT2D eigenvalue weighted by atomic mass is 10.0. The van der Waals surface area contributed by atoms with Gasteiger partial charge in [-0.2, -0.15) is 0 Å². The molecule has 0 spiro atoms. The topological polar surface area (TPSA) is 456 Å². The Kier molecular flexibility index (Phi) is 17.3. The highest BCUT2D eigenvalue weighted by atomic mass is 31.3. The number of aliphatic carboxylic acids is 4. The molecule has 1 fully saturated rings. The van der Waals surface area contributed by atoms with Crippen molar-refractivity contribution < 1.29 is 91.8 Å². The molecule has 398 valence electrons. The lowest BCUT2D eigenvalue weighted by Crippen LogP contribution is -2.34. The third-order valence-electron chi connectivity index (χ3n) is 10.7. The minimum absolute atomic E-state index is 0.0159. The van der Waals surface area contributed by atoms with E-state index in [0.29, 0.717) is 11.1 Å². The molecule has 0 saturated carbocycles. The Morgan fingerprint density at radius 3 is 1.73 bits per heavy atom. The molecular weight excluding hydrogens is 1060 g/mol. The summed E-state index contributed by atoms with van der Waals surface area (Å²) in [5.74, 6) is -6.75. The summed E-state index contributed by atoms with van der Waals surface area (Å²) in [6.45, 7) is -3.67. The number of imidazole rings is 1. The maximum Gasteiger partial charge on any atom is 0.437 e. The summed E-state index contributed by atoms with van der Waals surface area (Å²) in [6.07, 6.45) is -3.85. The molecule has 75 heavy (non-hydrogen) atoms. The van der Waals surface area contributed by atoms with Crippen LogP contribution < -0.4 is 10.8 Å². The molecule has 0 aliphatic carbocycles. The van der Waals surface area contributed by atoms with Gasteiger partial charge in [0.2, 0.25) is 0 Å². The van der Waals surface area contributed by atoms with Gasteiger partial charge in [-0.1, -0.05) is 24.3 Å². The number of anilines is 2. The van der Waals surface area contributed by atoms with E-state index in [-0.39, 0.29) is 69.9 Å². The van der Waals surface area contributed by atoms with Gasteiger partial charge in [0.05, 0.1) is 73.3 Å². The number of nitrogens with one attached hydrogen (secondary N) is 1. The number of aliphatic hydroxyl groups excluding tert-OH is 2. The number of fused-ring (bicyclic) bond motifs is 1. The van der Waals surface area contributed by atoms with Crippen LogP contribution in [0.3, 0.4) is 0 Å². The monoisotopic (exact) mass is 1100 g/mol. The third-order valence-corrected chi connectivity index (χ3v) is 16.6. The minimum Gasteiger partial charge on any atom is -0.480 e. The van der Waals surface area contributed by atoms with Crippen molar-refractivity contribution in [1.82, 2.24) is 44.3 Å². The van der Waals surface area contributed by atoms with E-state index in [1.807, 2.05) is 0 Å². The average molecular weight is 1100 g/mol. The van der Waals surface area contributed by atoms with Gasteiger partial charge in [-0.15, -0.1) is 0 Å². The second kappa shape index (κ2) is 23.3. The predicted molar refractivity (Wildman–Crippen MR) is 258 cm³/mol. The quantitative estimate of drug-likeness (QED) is 0.0364. The van der Waals surface area contributed by atoms with Crippen molar-refractivity contribution in [2.24, 2.45) is 0 Å². The van der Waals surface area contributed by atoms with Gasteiger partial charge < -0.3 is 60.3 Å². The smallest absolute Gasteiger partial charge is 0.437 e. The Morgan fingerprint density at radius 1 is 0.680 bits per heavy atom. The van der Waals surface area contributed by atoms with Crippen LogP contribution in [0.5, 0.6) is 0 Å². The summed E-state index contributed by atoms with van der Waals surface area (Å²) >= 11 is 0. The number of hydrogen-bond donors (Lipinski definition) is 11. The largest absolute Gasteiger partial charge is 0.480 e. The number of carboxylic acid groups (broad SMARTS) is 4. The second-order valence-corrected chi connectivity index (χ2v) is 22.5. The molecule has 12 N–H and O–H groups in total. The third kappa shape index (κ3) is 15.1. The molecule has 1 aliphatic rings. The number of nitrogens with zero attached hydrogens (tertiary/aromatic N) is 9. The number of aromatic nitrogens is 7. The number of nitrogens with two attached hydrogens (primary N) is 1. The van der Waals surface area contributed by atoms with E-state index in [9.17, 15) is 78.2 Å². The number of benzene rings is 1. The Morgan fingerprint density at radius 2 is 1.21 bits per heavy atom. The molecule has 1 aliphatic heterocycles. The predicted octanol–water partition coefficient (Wildman–Crippen LogP) is 1.73. The summed E-state index contributed by atoms with van der Waals surface area (Å²) < 4.78 is 55.6. The van der Waals surface area contributed by atoms with E-state index in [4.69, 9.17) is 20.0 Å². The van der Waals surface area contributed by atoms with Crippen LogP contribution >= 0.6 is 22.9 Å². The van der Waals surface area contributed by atoms with Crippen LogP contribution in [0.1, 0.15) is 17.6 Å². The van der Waals surface area contributed by atoms with Crippen LogP contribution in [0.4, 0.5) is 11.5 Å². The van der Waals surface area contributed by atoms with Gasteiger partial charge in [-0.05, 0) is 59.7 Å². The lowest BCUT2D eigenvalue weighted by molar-refractivity contribution is -0.144. The van der Waals surface area contributed by atoms with Crippen molar-refractivity contribution in [1.29, 1.82) is 0 Å². The molecule has 30 nitrogen and oxygen atoms in total. The van der Waals surface area contributed by atoms with Gasteiger partial charge in [-0.25, -0.2) is 38.8 Å². The fraction of sp³-hybridized carbons (Fsp3) is 0.286. The van der Waals surface area contributed by atoms with Gasteiger partial charge in [0, 0.05) is 18.8 Å². The summed E-state index contributed by atoms with van der Waals surface area (Å²) in [7, 11) is -15.9. The zero-order valence-corrected chi connectivity index (χ0v) is 41.3. The highest BCUT2D eigenvalue weighted by Gasteiger charge is 2.46. The van der Waals surface area contributed by atoms with E-state index in [0.717, 1.165) is 16.1 Å². The summed E-state index contributed by atoms with van der Waals surface area (Å²) in [4.78, 5) is 106. The van der Waals surface area contributed by atoms with Crippen LogP contribution in [-0.2, 0) is 59.5 Å². The van der Waals surface area contributed by atoms with Crippen molar-refractivity contribution >= 4 is 69.5 Å². The number of ether oxygens (including phenoxy) is 1. The Bertz CT molecular complexity index is 3130. The number of rotatable bonds is 25. The summed E-state index contributed by atoms with van der Waals surface area (Å²) in [6, 6.07) is 18.1. The van der Waals surface area contributed by atoms with Gasteiger partial charge in [0.15, 0.2) is 23.6 Å². The maximum atomic E-state index is 13.2. The molecule has 0 bridgehead atoms. The zero-order valence-electron chi connectivity index (χ0n) is 38.6. The first-order valence-corrected chi connectivity index (χ1v) is 26.8. The van der Waals surface area contributed by atoms with Crippen LogP contribution in [0.25, 0.3) is 45.1 Å². The molecule has 0 amide bonds. The standard InChI is InChI=1S/C42H46N11O19P3/c43-40-37-41(45-20-44-40)53(21-46-37)42-39(63)38(62)32(71-42)19-70-73(64,65)22-74(66,67)72-75(68,69)50-25-9-7-23(8-10-25)24-11-30(28-5-1-3-26(47-28)13-51(15-33(54)55)16-34(56)57)49-31(12-24)29-6-2-4-27(48-29)14-52(17-35(58)59)18-36(60)61/h1-12,20-21,32,38-39,42,62-63H,13-19,22H2,(H,54,55)(H,56,57)(H,58,59)(H,60,61)(H,64,65)(H,66,67)(H2,43,44,45)(H2,50,68,69)/t32-,38+,39?,42-/m1/s1. The minimum atomic E-state index is -5.45. The molecule has 5 aromatic heterocycles. The van der Waals surface area contributed by atoms with Crippen LogP contribution in [-0.4, -0.2) is 170 Å². The number of carbonyl (C=O) groups is 4. The van der Waals surface area contributed by atoms with Crippen molar-refractivity contribution in [2.45, 2.75) is 37.6 Å². The van der Waals surface area contributed by atoms with Crippen molar-refractivity contribution in [3.63, 3.8) is 0 Å². The van der Waals surface area contributed by atoms with Crippen molar-refractivity contribution in [3.05, 3.63) is 96.8 Å². The van der Waals surface area contributed by atoms with Gasteiger partial charge in [0.1, 0.15) is 30.2 Å². The van der Waals surface area contributed by atoms with Gasteiger partial charge >= 0.3 is 46.8 Å². The average Bonchev–Trinajstić information content (AvgIpc) is 3.86. The SMILES string of the molecule is Nc1ncnc2c1ncn2[C@@H]1O[C@H](COP(=O)(O)CP(=O)(O)OP(=O)(O)Nc2ccc(-c3cc(-c4cccc(CN(CC(=O)O)CC(=O)O)n4)nc(-c4cccc(CN(CC(=O)O)CC(=O)O)n4)c3)cc2)[C@H](O)C1O. The van der Waals surface area contributed by atoms with Crippen LogP contribution in [0, 0.1) is 0 Å². The maximum absolute atomic E-state index is 13.2. The van der Waals surface area contributed by atoms with Gasteiger partial charge in [-0.3, -0.25) is 47.8 Å². The highest BCUT2D eigenvalue weighted by molar-refractivity contribution is 7.75. The highest BCUT2D eigenvalue weighted by Crippen LogP contribution is 2.65. The number of pyridine rings is 3. The zero-order chi connectivity index (χ0) is 54.4. The molecule has 0 radical (unpaired) electrons. The molecule has 1 aromatic carbocycles. The molecule has 6 aromatic rings. The number of hydrogen-bond acceptors (Lipinski definition) is 21. The first-order valence-electron chi connectivity index (χ1n) is 21.7. The molecule has 7 atom stereocenters. The van der Waals surface area contributed by atoms with E-state index >= 15 is 0 Å². The Hall–Kier alpha value is -7.01. The molecular formula is C42H46N11O19P3. The van der Waals surface area contributed by atoms with E-state index in [1.54, 1.807) is 48.5 Å². The summed E-state index contributed by atoms with van der Waals surface area (Å²) in [5.41, 5.74) is 8.28. The number of nitrogen functional groups attached to an aromatic ring is 1. The number of aliphatic hydroxyl groups is 2. The van der Waals surface area contributed by atoms with Crippen molar-refractivity contribution in [3.8, 4) is 33.9 Å². The summed E-state index contributed by atoms with van der Waals surface area (Å²) in [5, 5.41) is 60.9. The normalized spacial score (nSPS) is 19.1. The molecule has 4 unspecified atom stereocenters. The first kappa shape index (κ1) is 55.7. The fourth-order valence-electron chi connectivity index (χ4n) is 7.67.